The molecule has 0 saturated carbocycles. The molecule has 3 rings (SSSR count). The number of carbonyl (C=O) groups excluding carboxylic acids is 1. The van der Waals surface area contributed by atoms with Crippen molar-refractivity contribution in [1.82, 2.24) is 9.97 Å². The Morgan fingerprint density at radius 2 is 2.00 bits per heavy atom. The molecule has 6 nitrogen and oxygen atoms in total. The number of halogens is 1. The number of benzene rings is 2. The highest BCUT2D eigenvalue weighted by atomic mass is 35.5. The van der Waals surface area contributed by atoms with Gasteiger partial charge in [0.05, 0.1) is 24.5 Å². The molecule has 2 aromatic carbocycles. The molecule has 28 heavy (non-hydrogen) atoms. The molecule has 0 unspecified atom stereocenters. The Hall–Kier alpha value is -3.12. The molecular formula is C21H21ClN4O2. The van der Waals surface area contributed by atoms with Gasteiger partial charge in [0, 0.05) is 11.4 Å². The van der Waals surface area contributed by atoms with E-state index >= 15 is 0 Å². The van der Waals surface area contributed by atoms with Crippen LogP contribution in [-0.4, -0.2) is 23.0 Å². The maximum absolute atomic E-state index is 12.6. The zero-order valence-electron chi connectivity index (χ0n) is 15.9. The summed E-state index contributed by atoms with van der Waals surface area (Å²) >= 11 is 6.12. The number of hydrogen-bond acceptors (Lipinski definition) is 5. The summed E-state index contributed by atoms with van der Waals surface area (Å²) in [7, 11) is 1.56. The van der Waals surface area contributed by atoms with Crippen molar-refractivity contribution in [2.45, 2.75) is 20.3 Å². The van der Waals surface area contributed by atoms with Gasteiger partial charge in [0.1, 0.15) is 17.3 Å². The zero-order valence-corrected chi connectivity index (χ0v) is 16.7. The zero-order chi connectivity index (χ0) is 20.1. The van der Waals surface area contributed by atoms with Crippen LogP contribution in [0.2, 0.25) is 5.02 Å². The molecule has 1 heterocycles. The first-order chi connectivity index (χ1) is 13.5. The molecule has 1 aromatic heterocycles. The van der Waals surface area contributed by atoms with Crippen molar-refractivity contribution in [2.75, 3.05) is 17.7 Å². The molecule has 0 saturated heterocycles. The predicted molar refractivity (Wildman–Crippen MR) is 112 cm³/mol. The fourth-order valence-electron chi connectivity index (χ4n) is 2.78. The summed E-state index contributed by atoms with van der Waals surface area (Å²) in [4.78, 5) is 21.0. The highest BCUT2D eigenvalue weighted by Crippen LogP contribution is 2.28. The van der Waals surface area contributed by atoms with Gasteiger partial charge in [-0.1, -0.05) is 36.7 Å². The van der Waals surface area contributed by atoms with Crippen LogP contribution < -0.4 is 15.4 Å². The monoisotopic (exact) mass is 396 g/mol. The molecular weight excluding hydrogens is 376 g/mol. The molecule has 0 radical (unpaired) electrons. The first kappa shape index (κ1) is 19.6. The van der Waals surface area contributed by atoms with Crippen molar-refractivity contribution in [3.05, 3.63) is 70.6 Å². The molecule has 0 spiro atoms. The summed E-state index contributed by atoms with van der Waals surface area (Å²) in [5, 5.41) is 6.52. The van der Waals surface area contributed by atoms with Crippen molar-refractivity contribution < 1.29 is 9.53 Å². The van der Waals surface area contributed by atoms with E-state index in [1.165, 1.54) is 12.4 Å². The molecule has 0 fully saturated rings. The Balaban J connectivity index is 1.72. The van der Waals surface area contributed by atoms with Crippen LogP contribution in [0.15, 0.2) is 48.8 Å². The van der Waals surface area contributed by atoms with Gasteiger partial charge in [-0.25, -0.2) is 9.97 Å². The summed E-state index contributed by atoms with van der Waals surface area (Å²) in [5.41, 5.74) is 3.90. The maximum Gasteiger partial charge on any atom is 0.275 e. The number of methoxy groups -OCH3 is 1. The minimum Gasteiger partial charge on any atom is -0.495 e. The highest BCUT2D eigenvalue weighted by molar-refractivity contribution is 6.32. The predicted octanol–water partition coefficient (Wildman–Crippen LogP) is 5.01. The van der Waals surface area contributed by atoms with E-state index in [2.05, 4.69) is 27.5 Å². The Morgan fingerprint density at radius 1 is 1.18 bits per heavy atom. The van der Waals surface area contributed by atoms with Gasteiger partial charge in [-0.2, -0.15) is 0 Å². The number of ether oxygens (including phenoxy) is 1. The van der Waals surface area contributed by atoms with E-state index in [1.54, 1.807) is 19.2 Å². The van der Waals surface area contributed by atoms with Crippen molar-refractivity contribution in [3.8, 4) is 5.75 Å². The average molecular weight is 397 g/mol. The van der Waals surface area contributed by atoms with Gasteiger partial charge in [0.15, 0.2) is 0 Å². The molecule has 0 atom stereocenters. The minimum atomic E-state index is -0.296. The number of hydrogen-bond donors (Lipinski definition) is 2. The maximum atomic E-state index is 12.6. The summed E-state index contributed by atoms with van der Waals surface area (Å²) < 4.78 is 5.13. The topological polar surface area (TPSA) is 76.1 Å². The lowest BCUT2D eigenvalue weighted by atomic mass is 10.1. The number of carbonyl (C=O) groups is 1. The van der Waals surface area contributed by atoms with E-state index in [9.17, 15) is 4.79 Å². The van der Waals surface area contributed by atoms with E-state index in [4.69, 9.17) is 16.3 Å². The normalized spacial score (nSPS) is 10.4. The number of rotatable bonds is 6. The number of nitrogens with zero attached hydrogens (tertiary/aromatic N) is 2. The fourth-order valence-corrected chi connectivity index (χ4v) is 3.04. The van der Waals surface area contributed by atoms with Crippen LogP contribution in [0.25, 0.3) is 0 Å². The van der Waals surface area contributed by atoms with Crippen LogP contribution in [0.5, 0.6) is 5.75 Å². The second-order valence-electron chi connectivity index (χ2n) is 6.18. The SMILES string of the molecule is CCc1cccc(C)c1NC(=O)c1cnc(Nc2ccc(OC)c(Cl)c2)cn1. The Kier molecular flexibility index (Phi) is 6.11. The lowest BCUT2D eigenvalue weighted by molar-refractivity contribution is 0.102. The third kappa shape index (κ3) is 4.40. The summed E-state index contributed by atoms with van der Waals surface area (Å²) in [6, 6.07) is 11.3. The van der Waals surface area contributed by atoms with E-state index in [-0.39, 0.29) is 11.6 Å². The van der Waals surface area contributed by atoms with Gasteiger partial charge in [0.25, 0.3) is 5.91 Å². The number of amides is 1. The molecule has 2 N–H and O–H groups in total. The molecule has 7 heteroatoms. The standard InChI is InChI=1S/C21H21ClN4O2/c1-4-14-7-5-6-13(2)20(14)26-21(27)17-11-24-19(12-23-17)25-15-8-9-18(28-3)16(22)10-15/h5-12H,4H2,1-3H3,(H,24,25)(H,26,27). The van der Waals surface area contributed by atoms with E-state index in [0.717, 1.165) is 28.9 Å². The molecule has 3 aromatic rings. The average Bonchev–Trinajstić information content (AvgIpc) is 2.70. The molecule has 1 amide bonds. The van der Waals surface area contributed by atoms with Gasteiger partial charge in [-0.05, 0) is 42.7 Å². The molecule has 0 aliphatic heterocycles. The van der Waals surface area contributed by atoms with Crippen molar-refractivity contribution in [3.63, 3.8) is 0 Å². The second kappa shape index (κ2) is 8.71. The van der Waals surface area contributed by atoms with Gasteiger partial charge < -0.3 is 15.4 Å². The quantitative estimate of drug-likeness (QED) is 0.612. The number of anilines is 3. The highest BCUT2D eigenvalue weighted by Gasteiger charge is 2.12. The number of nitrogens with one attached hydrogen (secondary N) is 2. The largest absolute Gasteiger partial charge is 0.495 e. The molecule has 144 valence electrons. The number of para-hydroxylation sites is 1. The third-order valence-electron chi connectivity index (χ3n) is 4.29. The summed E-state index contributed by atoms with van der Waals surface area (Å²) in [6.07, 6.45) is 3.77. The molecule has 0 bridgehead atoms. The van der Waals surface area contributed by atoms with Crippen LogP contribution in [0.4, 0.5) is 17.2 Å². The van der Waals surface area contributed by atoms with Crippen molar-refractivity contribution in [2.24, 2.45) is 0 Å². The van der Waals surface area contributed by atoms with Crippen LogP contribution in [0.3, 0.4) is 0 Å². The summed E-state index contributed by atoms with van der Waals surface area (Å²) in [5.74, 6) is 0.798. The van der Waals surface area contributed by atoms with Crippen molar-refractivity contribution >= 4 is 34.7 Å². The van der Waals surface area contributed by atoms with E-state index in [0.29, 0.717) is 16.6 Å². The third-order valence-corrected chi connectivity index (χ3v) is 4.58. The Labute approximate surface area is 168 Å². The van der Waals surface area contributed by atoms with E-state index < -0.39 is 0 Å². The second-order valence-corrected chi connectivity index (χ2v) is 6.59. The fraction of sp³-hybridized carbons (Fsp3) is 0.190. The van der Waals surface area contributed by atoms with Gasteiger partial charge in [-0.15, -0.1) is 0 Å². The van der Waals surface area contributed by atoms with Gasteiger partial charge in [0.2, 0.25) is 0 Å². The lowest BCUT2D eigenvalue weighted by Gasteiger charge is -2.13. The lowest BCUT2D eigenvalue weighted by Crippen LogP contribution is -2.16. The van der Waals surface area contributed by atoms with Gasteiger partial charge >= 0.3 is 0 Å². The molecule has 0 aliphatic rings. The Morgan fingerprint density at radius 3 is 2.64 bits per heavy atom. The number of aryl methyl sites for hydroxylation is 2. The van der Waals surface area contributed by atoms with Gasteiger partial charge in [-0.3, -0.25) is 4.79 Å². The Bertz CT molecular complexity index is 990. The first-order valence-corrected chi connectivity index (χ1v) is 9.22. The van der Waals surface area contributed by atoms with Crippen LogP contribution in [0.1, 0.15) is 28.5 Å². The van der Waals surface area contributed by atoms with Crippen molar-refractivity contribution in [1.29, 1.82) is 0 Å². The smallest absolute Gasteiger partial charge is 0.275 e. The van der Waals surface area contributed by atoms with Crippen LogP contribution in [-0.2, 0) is 6.42 Å². The van der Waals surface area contributed by atoms with Crippen LogP contribution in [0, 0.1) is 6.92 Å². The molecule has 0 aliphatic carbocycles. The first-order valence-electron chi connectivity index (χ1n) is 8.84. The summed E-state index contributed by atoms with van der Waals surface area (Å²) in [6.45, 7) is 4.02. The number of aromatic nitrogens is 2. The minimum absolute atomic E-state index is 0.239. The van der Waals surface area contributed by atoms with E-state index in [1.807, 2.05) is 31.2 Å². The van der Waals surface area contributed by atoms with Crippen LogP contribution >= 0.6 is 11.6 Å².